The van der Waals surface area contributed by atoms with Crippen LogP contribution in [-0.4, -0.2) is 24.9 Å². The van der Waals surface area contributed by atoms with Crippen LogP contribution in [-0.2, 0) is 11.4 Å². The fraction of sp³-hybridized carbons (Fsp3) is 0.200. The number of ether oxygens (including phenoxy) is 1. The van der Waals surface area contributed by atoms with Gasteiger partial charge >= 0.3 is 0 Å². The summed E-state index contributed by atoms with van der Waals surface area (Å²) in [5, 5.41) is 9.79. The van der Waals surface area contributed by atoms with Gasteiger partial charge in [0, 0.05) is 14.1 Å². The molecule has 2 aromatic carbocycles. The minimum Gasteiger partial charge on any atom is -0.486 e. The zero-order valence-electron chi connectivity index (χ0n) is 14.7. The van der Waals surface area contributed by atoms with E-state index in [9.17, 15) is 10.1 Å². The average molecular weight is 389 g/mol. The van der Waals surface area contributed by atoms with Gasteiger partial charge in [0.1, 0.15) is 18.2 Å². The van der Waals surface area contributed by atoms with Crippen molar-refractivity contribution in [1.82, 2.24) is 4.90 Å². The van der Waals surface area contributed by atoms with E-state index < -0.39 is 0 Å². The van der Waals surface area contributed by atoms with Gasteiger partial charge in [0.25, 0.3) is 5.91 Å². The van der Waals surface area contributed by atoms with Gasteiger partial charge in [-0.15, -0.1) is 0 Å². The van der Waals surface area contributed by atoms with E-state index in [0.717, 1.165) is 5.56 Å². The number of benzene rings is 2. The second kappa shape index (κ2) is 8.75. The Morgan fingerprint density at radius 3 is 2.27 bits per heavy atom. The molecule has 0 aliphatic carbocycles. The molecule has 26 heavy (non-hydrogen) atoms. The first kappa shape index (κ1) is 19.8. The van der Waals surface area contributed by atoms with E-state index in [1.54, 1.807) is 26.2 Å². The molecule has 0 radical (unpaired) electrons. The van der Waals surface area contributed by atoms with Crippen LogP contribution in [0.4, 0.5) is 0 Å². The number of halogens is 2. The Hall–Kier alpha value is -2.48. The fourth-order valence-corrected chi connectivity index (χ4v) is 2.80. The van der Waals surface area contributed by atoms with Crippen LogP contribution in [0, 0.1) is 18.3 Å². The molecular formula is C20H18Cl2N2O2. The van der Waals surface area contributed by atoms with Gasteiger partial charge in [-0.3, -0.25) is 4.79 Å². The Kier molecular flexibility index (Phi) is 6.68. The molecule has 4 nitrogen and oxygen atoms in total. The number of hydrogen-bond acceptors (Lipinski definition) is 3. The molecule has 0 unspecified atom stereocenters. The highest BCUT2D eigenvalue weighted by molar-refractivity contribution is 6.37. The van der Waals surface area contributed by atoms with Crippen LogP contribution in [0.25, 0.3) is 6.08 Å². The van der Waals surface area contributed by atoms with Crippen molar-refractivity contribution in [2.75, 3.05) is 14.1 Å². The van der Waals surface area contributed by atoms with Gasteiger partial charge in [-0.05, 0) is 36.3 Å². The Labute approximate surface area is 163 Å². The molecule has 1 amide bonds. The predicted octanol–water partition coefficient (Wildman–Crippen LogP) is 4.88. The molecule has 0 aliphatic rings. The third-order valence-electron chi connectivity index (χ3n) is 3.59. The van der Waals surface area contributed by atoms with Crippen molar-refractivity contribution in [2.45, 2.75) is 13.5 Å². The molecule has 0 bridgehead atoms. The van der Waals surface area contributed by atoms with Crippen molar-refractivity contribution >= 4 is 35.2 Å². The molecule has 0 saturated heterocycles. The van der Waals surface area contributed by atoms with Crippen molar-refractivity contribution in [2.24, 2.45) is 0 Å². The zero-order valence-corrected chi connectivity index (χ0v) is 16.2. The van der Waals surface area contributed by atoms with E-state index in [2.05, 4.69) is 0 Å². The molecule has 0 heterocycles. The minimum absolute atomic E-state index is 0.00421. The number of rotatable bonds is 5. The summed E-state index contributed by atoms with van der Waals surface area (Å²) in [6.07, 6.45) is 1.45. The number of carbonyl (C=O) groups is 1. The standard InChI is InChI=1S/C20H18Cl2N2O2/c1-13-4-6-14(7-5-13)12-26-19-17(21)9-15(10-18(19)22)8-16(11-23)20(25)24(2)3/h4-10H,12H2,1-3H3/b16-8-. The van der Waals surface area contributed by atoms with Crippen LogP contribution in [0.5, 0.6) is 5.75 Å². The van der Waals surface area contributed by atoms with Crippen LogP contribution < -0.4 is 4.74 Å². The number of nitriles is 1. The Balaban J connectivity index is 2.23. The van der Waals surface area contributed by atoms with Crippen LogP contribution in [0.15, 0.2) is 42.0 Å². The Morgan fingerprint density at radius 2 is 1.77 bits per heavy atom. The second-order valence-corrected chi connectivity index (χ2v) is 6.77. The number of carbonyl (C=O) groups excluding carboxylic acids is 1. The molecular weight excluding hydrogens is 371 g/mol. The second-order valence-electron chi connectivity index (χ2n) is 5.96. The maximum Gasteiger partial charge on any atom is 0.264 e. The van der Waals surface area contributed by atoms with Crippen molar-refractivity contribution < 1.29 is 9.53 Å². The SMILES string of the molecule is Cc1ccc(COc2c(Cl)cc(/C=C(/C#N)C(=O)N(C)C)cc2Cl)cc1. The smallest absolute Gasteiger partial charge is 0.264 e. The van der Waals surface area contributed by atoms with Crippen LogP contribution in [0.1, 0.15) is 16.7 Å². The number of likely N-dealkylation sites (N-methyl/N-ethyl adjacent to an activating group) is 1. The molecule has 0 fully saturated rings. The average Bonchev–Trinajstić information content (AvgIpc) is 2.59. The predicted molar refractivity (Wildman–Crippen MR) is 104 cm³/mol. The number of amides is 1. The van der Waals surface area contributed by atoms with E-state index in [1.807, 2.05) is 37.3 Å². The van der Waals surface area contributed by atoms with E-state index >= 15 is 0 Å². The largest absolute Gasteiger partial charge is 0.486 e. The Morgan fingerprint density at radius 1 is 1.19 bits per heavy atom. The third-order valence-corrected chi connectivity index (χ3v) is 4.15. The van der Waals surface area contributed by atoms with Gasteiger partial charge in [0.05, 0.1) is 10.0 Å². The minimum atomic E-state index is -0.389. The lowest BCUT2D eigenvalue weighted by atomic mass is 10.1. The lowest BCUT2D eigenvalue weighted by Crippen LogP contribution is -2.22. The zero-order chi connectivity index (χ0) is 19.3. The maximum atomic E-state index is 11.9. The quantitative estimate of drug-likeness (QED) is 0.541. The highest BCUT2D eigenvalue weighted by Crippen LogP contribution is 2.35. The molecule has 0 atom stereocenters. The van der Waals surface area contributed by atoms with Gasteiger partial charge in [-0.25, -0.2) is 0 Å². The van der Waals surface area contributed by atoms with Crippen molar-refractivity contribution in [3.63, 3.8) is 0 Å². The van der Waals surface area contributed by atoms with E-state index in [4.69, 9.17) is 27.9 Å². The first-order valence-electron chi connectivity index (χ1n) is 7.82. The number of hydrogen-bond donors (Lipinski definition) is 0. The first-order valence-corrected chi connectivity index (χ1v) is 8.58. The van der Waals surface area contributed by atoms with Crippen LogP contribution in [0.3, 0.4) is 0 Å². The summed E-state index contributed by atoms with van der Waals surface area (Å²) in [5.41, 5.74) is 2.71. The third kappa shape index (κ3) is 5.01. The van der Waals surface area contributed by atoms with E-state index in [-0.39, 0.29) is 11.5 Å². The van der Waals surface area contributed by atoms with Crippen molar-refractivity contribution in [3.05, 3.63) is 68.7 Å². The maximum absolute atomic E-state index is 11.9. The normalized spacial score (nSPS) is 11.0. The highest BCUT2D eigenvalue weighted by Gasteiger charge is 2.14. The highest BCUT2D eigenvalue weighted by atomic mass is 35.5. The molecule has 0 saturated carbocycles. The van der Waals surface area contributed by atoms with Gasteiger partial charge < -0.3 is 9.64 Å². The van der Waals surface area contributed by atoms with Gasteiger partial charge in [-0.2, -0.15) is 5.26 Å². The summed E-state index contributed by atoms with van der Waals surface area (Å²) >= 11 is 12.6. The lowest BCUT2D eigenvalue weighted by molar-refractivity contribution is -0.124. The molecule has 0 aromatic heterocycles. The molecule has 6 heteroatoms. The van der Waals surface area contributed by atoms with Gasteiger partial charge in [0.15, 0.2) is 5.75 Å². The topological polar surface area (TPSA) is 53.3 Å². The monoisotopic (exact) mass is 388 g/mol. The molecule has 0 N–H and O–H groups in total. The molecule has 0 aliphatic heterocycles. The van der Waals surface area contributed by atoms with E-state index in [1.165, 1.54) is 16.5 Å². The summed E-state index contributed by atoms with van der Waals surface area (Å²) < 4.78 is 5.74. The van der Waals surface area contributed by atoms with Gasteiger partial charge in [0.2, 0.25) is 0 Å². The lowest BCUT2D eigenvalue weighted by Gasteiger charge is -2.12. The summed E-state index contributed by atoms with van der Waals surface area (Å²) in [6.45, 7) is 2.35. The summed E-state index contributed by atoms with van der Waals surface area (Å²) in [4.78, 5) is 13.3. The number of nitrogens with zero attached hydrogens (tertiary/aromatic N) is 2. The number of aryl methyl sites for hydroxylation is 1. The molecule has 134 valence electrons. The fourth-order valence-electron chi connectivity index (χ4n) is 2.19. The van der Waals surface area contributed by atoms with Crippen molar-refractivity contribution in [3.8, 4) is 11.8 Å². The summed E-state index contributed by atoms with van der Waals surface area (Å²) in [7, 11) is 3.16. The first-order chi connectivity index (χ1) is 12.3. The molecule has 0 spiro atoms. The van der Waals surface area contributed by atoms with Crippen LogP contribution >= 0.6 is 23.2 Å². The summed E-state index contributed by atoms with van der Waals surface area (Å²) in [5.74, 6) is -0.0251. The Bertz CT molecular complexity index is 859. The van der Waals surface area contributed by atoms with Gasteiger partial charge in [-0.1, -0.05) is 53.0 Å². The summed E-state index contributed by atoms with van der Waals surface area (Å²) in [6, 6.07) is 13.1. The van der Waals surface area contributed by atoms with E-state index in [0.29, 0.717) is 28.0 Å². The van der Waals surface area contributed by atoms with Crippen molar-refractivity contribution in [1.29, 1.82) is 5.26 Å². The van der Waals surface area contributed by atoms with Crippen LogP contribution in [0.2, 0.25) is 10.0 Å². The molecule has 2 rings (SSSR count). The molecule has 2 aromatic rings.